The summed E-state index contributed by atoms with van der Waals surface area (Å²) in [5.41, 5.74) is 1.68. The third kappa shape index (κ3) is 2.46. The van der Waals surface area contributed by atoms with Crippen LogP contribution in [-0.4, -0.2) is 21.1 Å². The first-order valence-corrected chi connectivity index (χ1v) is 7.62. The van der Waals surface area contributed by atoms with E-state index >= 15 is 0 Å². The number of fused-ring (bicyclic) bond motifs is 3. The molecule has 1 aromatic carbocycles. The highest BCUT2D eigenvalue weighted by Gasteiger charge is 2.12. The van der Waals surface area contributed by atoms with Crippen molar-refractivity contribution in [1.29, 1.82) is 0 Å². The number of terminal acetylenes is 1. The van der Waals surface area contributed by atoms with Gasteiger partial charge in [-0.25, -0.2) is 4.98 Å². The molecule has 1 N–H and O–H groups in total. The summed E-state index contributed by atoms with van der Waals surface area (Å²) in [6.45, 7) is 1.00. The Morgan fingerprint density at radius 3 is 3.12 bits per heavy atom. The van der Waals surface area contributed by atoms with E-state index in [0.717, 1.165) is 11.4 Å². The summed E-state index contributed by atoms with van der Waals surface area (Å²) in [7, 11) is 0. The summed E-state index contributed by atoms with van der Waals surface area (Å²) in [4.78, 5) is 21.2. The molecule has 0 atom stereocenters. The first-order chi connectivity index (χ1) is 11.7. The number of anilines is 2. The van der Waals surface area contributed by atoms with E-state index < -0.39 is 0 Å². The van der Waals surface area contributed by atoms with E-state index in [0.29, 0.717) is 42.1 Å². The Kier molecular flexibility index (Phi) is 3.39. The second-order valence-electron chi connectivity index (χ2n) is 5.48. The van der Waals surface area contributed by atoms with Gasteiger partial charge >= 0.3 is 0 Å². The first kappa shape index (κ1) is 14.3. The molecular formula is C18H14N4O2. The van der Waals surface area contributed by atoms with Gasteiger partial charge in [-0.2, -0.15) is 4.98 Å². The molecule has 6 heteroatoms. The molecule has 0 aliphatic carbocycles. The predicted molar refractivity (Wildman–Crippen MR) is 91.6 cm³/mol. The monoisotopic (exact) mass is 318 g/mol. The zero-order chi connectivity index (χ0) is 16.5. The maximum Gasteiger partial charge on any atom is 0.253 e. The number of hydrogen-bond donors (Lipinski definition) is 1. The van der Waals surface area contributed by atoms with Gasteiger partial charge < -0.3 is 10.1 Å². The molecule has 2 aromatic heterocycles. The van der Waals surface area contributed by atoms with Crippen LogP contribution in [0, 0.1) is 12.3 Å². The molecule has 0 amide bonds. The van der Waals surface area contributed by atoms with Crippen molar-refractivity contribution in [1.82, 2.24) is 14.5 Å². The standard InChI is InChI=1S/C18H14N4O2/c1-2-12-9-16(23)22-7-4-8-24-14-6-3-5-13(10-14)20-18-19-11-15(12)17(22)21-18/h1,3,5-6,9-11H,4,7-8H2,(H,19,20,21). The highest BCUT2D eigenvalue weighted by molar-refractivity contribution is 5.82. The zero-order valence-corrected chi connectivity index (χ0v) is 12.8. The van der Waals surface area contributed by atoms with E-state index in [9.17, 15) is 4.79 Å². The van der Waals surface area contributed by atoms with Gasteiger partial charge in [0.2, 0.25) is 5.95 Å². The smallest absolute Gasteiger partial charge is 0.253 e. The summed E-state index contributed by atoms with van der Waals surface area (Å²) in [6.07, 6.45) is 7.85. The number of benzene rings is 1. The Labute approximate surface area is 138 Å². The molecule has 4 bridgehead atoms. The van der Waals surface area contributed by atoms with Crippen molar-refractivity contribution in [2.75, 3.05) is 11.9 Å². The van der Waals surface area contributed by atoms with Crippen LogP contribution in [0.4, 0.5) is 11.6 Å². The summed E-state index contributed by atoms with van der Waals surface area (Å²) in [5, 5.41) is 3.82. The first-order valence-electron chi connectivity index (χ1n) is 7.62. The molecule has 0 radical (unpaired) electrons. The zero-order valence-electron chi connectivity index (χ0n) is 12.8. The van der Waals surface area contributed by atoms with Crippen LogP contribution in [0.25, 0.3) is 11.0 Å². The highest BCUT2D eigenvalue weighted by Crippen LogP contribution is 2.22. The third-order valence-electron chi connectivity index (χ3n) is 3.89. The number of nitrogens with one attached hydrogen (secondary N) is 1. The topological polar surface area (TPSA) is 69.0 Å². The maximum absolute atomic E-state index is 12.4. The van der Waals surface area contributed by atoms with Crippen LogP contribution in [-0.2, 0) is 6.54 Å². The number of rotatable bonds is 0. The molecule has 1 aliphatic rings. The SMILES string of the molecule is C#Cc1cc(=O)n2c3nc(ncc13)Nc1cccc(c1)OCCC2. The second kappa shape index (κ2) is 5.70. The van der Waals surface area contributed by atoms with Crippen molar-refractivity contribution >= 4 is 22.7 Å². The van der Waals surface area contributed by atoms with Crippen LogP contribution in [0.2, 0.25) is 0 Å². The lowest BCUT2D eigenvalue weighted by molar-refractivity contribution is 0.302. The predicted octanol–water partition coefficient (Wildman–Crippen LogP) is 2.30. The molecule has 3 heterocycles. The normalized spacial score (nSPS) is 13.3. The van der Waals surface area contributed by atoms with E-state index in [1.165, 1.54) is 6.07 Å². The lowest BCUT2D eigenvalue weighted by Crippen LogP contribution is -2.23. The average Bonchev–Trinajstić information content (AvgIpc) is 2.59. The minimum Gasteiger partial charge on any atom is -0.493 e. The van der Waals surface area contributed by atoms with E-state index in [4.69, 9.17) is 11.2 Å². The second-order valence-corrected chi connectivity index (χ2v) is 5.48. The maximum atomic E-state index is 12.4. The number of pyridine rings is 1. The van der Waals surface area contributed by atoms with Crippen LogP contribution in [0.5, 0.6) is 5.75 Å². The molecule has 3 aromatic rings. The number of nitrogens with zero attached hydrogens (tertiary/aromatic N) is 3. The van der Waals surface area contributed by atoms with Gasteiger partial charge in [0.15, 0.2) is 0 Å². The van der Waals surface area contributed by atoms with Gasteiger partial charge in [0.1, 0.15) is 11.4 Å². The largest absolute Gasteiger partial charge is 0.493 e. The minimum absolute atomic E-state index is 0.171. The van der Waals surface area contributed by atoms with Crippen LogP contribution < -0.4 is 15.6 Å². The summed E-state index contributed by atoms with van der Waals surface area (Å²) in [6, 6.07) is 9.03. The van der Waals surface area contributed by atoms with Gasteiger partial charge in [0, 0.05) is 36.1 Å². The van der Waals surface area contributed by atoms with Crippen molar-refractivity contribution in [3.63, 3.8) is 0 Å². The van der Waals surface area contributed by atoms with Gasteiger partial charge in [0.05, 0.1) is 12.0 Å². The van der Waals surface area contributed by atoms with Gasteiger partial charge in [-0.15, -0.1) is 6.42 Å². The van der Waals surface area contributed by atoms with Crippen molar-refractivity contribution in [2.45, 2.75) is 13.0 Å². The fourth-order valence-corrected chi connectivity index (χ4v) is 2.75. The van der Waals surface area contributed by atoms with Gasteiger partial charge in [-0.3, -0.25) is 9.36 Å². The molecule has 1 aliphatic heterocycles. The van der Waals surface area contributed by atoms with Crippen LogP contribution in [0.3, 0.4) is 0 Å². The molecule has 0 spiro atoms. The number of aryl methyl sites for hydroxylation is 1. The van der Waals surface area contributed by atoms with Crippen molar-refractivity contribution < 1.29 is 4.74 Å². The lowest BCUT2D eigenvalue weighted by Gasteiger charge is -2.14. The van der Waals surface area contributed by atoms with Crippen molar-refractivity contribution in [3.05, 3.63) is 52.4 Å². The number of ether oxygens (including phenoxy) is 1. The third-order valence-corrected chi connectivity index (χ3v) is 3.89. The summed E-state index contributed by atoms with van der Waals surface area (Å²) < 4.78 is 7.35. The molecule has 24 heavy (non-hydrogen) atoms. The Balaban J connectivity index is 1.94. The van der Waals surface area contributed by atoms with Crippen LogP contribution >= 0.6 is 0 Å². The Morgan fingerprint density at radius 1 is 1.33 bits per heavy atom. The highest BCUT2D eigenvalue weighted by atomic mass is 16.5. The van der Waals surface area contributed by atoms with Crippen molar-refractivity contribution in [2.24, 2.45) is 0 Å². The van der Waals surface area contributed by atoms with Crippen molar-refractivity contribution in [3.8, 4) is 18.1 Å². The van der Waals surface area contributed by atoms with E-state index in [2.05, 4.69) is 21.2 Å². The molecule has 0 fully saturated rings. The fraction of sp³-hybridized carbons (Fsp3) is 0.167. The van der Waals surface area contributed by atoms with E-state index in [-0.39, 0.29) is 5.56 Å². The van der Waals surface area contributed by atoms with Crippen LogP contribution in [0.15, 0.2) is 41.3 Å². The molecule has 4 rings (SSSR count). The minimum atomic E-state index is -0.171. The van der Waals surface area contributed by atoms with Gasteiger partial charge in [-0.1, -0.05) is 12.0 Å². The molecule has 0 saturated heterocycles. The summed E-state index contributed by atoms with van der Waals surface area (Å²) >= 11 is 0. The molecule has 0 unspecified atom stereocenters. The van der Waals surface area contributed by atoms with Gasteiger partial charge in [-0.05, 0) is 18.6 Å². The molecule has 118 valence electrons. The Hall–Kier alpha value is -3.33. The van der Waals surface area contributed by atoms with E-state index in [1.54, 1.807) is 10.8 Å². The lowest BCUT2D eigenvalue weighted by atomic mass is 10.2. The van der Waals surface area contributed by atoms with Crippen LogP contribution in [0.1, 0.15) is 12.0 Å². The van der Waals surface area contributed by atoms with E-state index in [1.807, 2.05) is 24.3 Å². The molecule has 0 saturated carbocycles. The average molecular weight is 318 g/mol. The quantitative estimate of drug-likeness (QED) is 0.644. The molecular weight excluding hydrogens is 304 g/mol. The number of aromatic nitrogens is 3. The fourth-order valence-electron chi connectivity index (χ4n) is 2.75. The van der Waals surface area contributed by atoms with Gasteiger partial charge in [0.25, 0.3) is 5.56 Å². The number of hydrogen-bond acceptors (Lipinski definition) is 5. The molecule has 6 nitrogen and oxygen atoms in total. The Morgan fingerprint density at radius 2 is 2.25 bits per heavy atom. The Bertz CT molecular complexity index is 1030. The summed E-state index contributed by atoms with van der Waals surface area (Å²) in [5.74, 6) is 3.70.